The maximum Gasteiger partial charge on any atom is 0.262 e. The van der Waals surface area contributed by atoms with Crippen LogP contribution in [0.1, 0.15) is 33.1 Å². The predicted octanol–water partition coefficient (Wildman–Crippen LogP) is 3.17. The predicted molar refractivity (Wildman–Crippen MR) is 115 cm³/mol. The maximum absolute atomic E-state index is 13.1. The molecular weight excluding hydrogens is 386 g/mol. The minimum atomic E-state index is -0.0544. The Bertz CT molecular complexity index is 929. The van der Waals surface area contributed by atoms with E-state index in [4.69, 9.17) is 9.72 Å². The van der Waals surface area contributed by atoms with Crippen LogP contribution in [0, 0.1) is 11.8 Å². The Hall–Kier alpha value is -1.86. The van der Waals surface area contributed by atoms with Crippen molar-refractivity contribution in [3.8, 4) is 0 Å². The normalized spacial score (nSPS) is 24.9. The Kier molecular flexibility index (Phi) is 6.25. The van der Waals surface area contributed by atoms with Gasteiger partial charge >= 0.3 is 0 Å². The topological polar surface area (TPSA) is 64.4 Å². The van der Waals surface area contributed by atoms with E-state index in [0.29, 0.717) is 40.2 Å². The molecule has 2 aliphatic heterocycles. The van der Waals surface area contributed by atoms with E-state index in [1.807, 2.05) is 29.2 Å². The maximum atomic E-state index is 13.1. The lowest BCUT2D eigenvalue weighted by Crippen LogP contribution is -2.43. The highest BCUT2D eigenvalue weighted by atomic mass is 32.2. The third-order valence-electron chi connectivity index (χ3n) is 5.78. The average molecular weight is 416 g/mol. The number of para-hydroxylation sites is 1. The first-order valence-corrected chi connectivity index (χ1v) is 11.5. The van der Waals surface area contributed by atoms with Gasteiger partial charge in [-0.05, 0) is 43.2 Å². The number of fused-ring (bicyclic) bond motifs is 1. The summed E-state index contributed by atoms with van der Waals surface area (Å²) in [5.41, 5.74) is 0.623. The van der Waals surface area contributed by atoms with Crippen LogP contribution in [-0.4, -0.2) is 51.9 Å². The van der Waals surface area contributed by atoms with Crippen LogP contribution < -0.4 is 5.56 Å². The van der Waals surface area contributed by atoms with Gasteiger partial charge in [-0.3, -0.25) is 14.2 Å². The fourth-order valence-electron chi connectivity index (χ4n) is 4.49. The number of rotatable bonds is 5. The fourth-order valence-corrected chi connectivity index (χ4v) is 5.41. The van der Waals surface area contributed by atoms with Crippen molar-refractivity contribution in [1.29, 1.82) is 0 Å². The zero-order chi connectivity index (χ0) is 20.4. The number of amides is 1. The Labute approximate surface area is 175 Å². The van der Waals surface area contributed by atoms with Crippen molar-refractivity contribution in [2.45, 2.75) is 50.9 Å². The van der Waals surface area contributed by atoms with Gasteiger partial charge in [-0.15, -0.1) is 0 Å². The molecule has 6 nitrogen and oxygen atoms in total. The third kappa shape index (κ3) is 4.67. The Balaban J connectivity index is 1.56. The number of carbonyl (C=O) groups excluding carboxylic acids is 1. The van der Waals surface area contributed by atoms with E-state index >= 15 is 0 Å². The summed E-state index contributed by atoms with van der Waals surface area (Å²) < 4.78 is 7.46. The van der Waals surface area contributed by atoms with E-state index in [9.17, 15) is 9.59 Å². The molecular formula is C22H29N3O3S. The van der Waals surface area contributed by atoms with Crippen LogP contribution in [0.2, 0.25) is 0 Å². The second kappa shape index (κ2) is 8.88. The second-order valence-electron chi connectivity index (χ2n) is 8.50. The van der Waals surface area contributed by atoms with Gasteiger partial charge in [-0.1, -0.05) is 37.7 Å². The number of nitrogens with zero attached hydrogens (tertiary/aromatic N) is 3. The number of thioether (sulfide) groups is 1. The molecule has 2 saturated heterocycles. The van der Waals surface area contributed by atoms with Crippen LogP contribution in [0.15, 0.2) is 34.2 Å². The van der Waals surface area contributed by atoms with Crippen molar-refractivity contribution in [3.05, 3.63) is 34.6 Å². The van der Waals surface area contributed by atoms with Gasteiger partial charge < -0.3 is 9.64 Å². The molecule has 1 aromatic carbocycles. The average Bonchev–Trinajstić information content (AvgIpc) is 3.21. The van der Waals surface area contributed by atoms with E-state index in [1.165, 1.54) is 18.2 Å². The highest BCUT2D eigenvalue weighted by Crippen LogP contribution is 2.24. The van der Waals surface area contributed by atoms with Gasteiger partial charge in [0, 0.05) is 19.7 Å². The van der Waals surface area contributed by atoms with Crippen LogP contribution in [0.4, 0.5) is 0 Å². The SMILES string of the molecule is C[C@H]1C[C@H](C)CN(C(=O)CSc2nc3ccccc3c(=O)n2C[C@@H]2CCCO2)C1. The molecule has 0 bridgehead atoms. The van der Waals surface area contributed by atoms with Crippen molar-refractivity contribution >= 4 is 28.6 Å². The molecule has 29 heavy (non-hydrogen) atoms. The van der Waals surface area contributed by atoms with Gasteiger partial charge in [-0.2, -0.15) is 0 Å². The molecule has 3 heterocycles. The van der Waals surface area contributed by atoms with Gasteiger partial charge in [0.15, 0.2) is 5.16 Å². The first kappa shape index (κ1) is 20.4. The van der Waals surface area contributed by atoms with Crippen molar-refractivity contribution in [2.24, 2.45) is 11.8 Å². The van der Waals surface area contributed by atoms with Crippen LogP contribution in [-0.2, 0) is 16.1 Å². The van der Waals surface area contributed by atoms with Crippen molar-refractivity contribution in [3.63, 3.8) is 0 Å². The minimum Gasteiger partial charge on any atom is -0.376 e. The molecule has 0 unspecified atom stereocenters. The number of likely N-dealkylation sites (tertiary alicyclic amines) is 1. The quantitative estimate of drug-likeness (QED) is 0.554. The monoisotopic (exact) mass is 415 g/mol. The first-order chi connectivity index (χ1) is 14.0. The van der Waals surface area contributed by atoms with Gasteiger partial charge in [-0.25, -0.2) is 4.98 Å². The summed E-state index contributed by atoms with van der Waals surface area (Å²) in [7, 11) is 0. The molecule has 1 aromatic heterocycles. The van der Waals surface area contributed by atoms with Crippen LogP contribution in [0.25, 0.3) is 10.9 Å². The number of benzene rings is 1. The molecule has 7 heteroatoms. The molecule has 2 aromatic rings. The number of hydrogen-bond acceptors (Lipinski definition) is 5. The summed E-state index contributed by atoms with van der Waals surface area (Å²) in [6, 6.07) is 7.41. The lowest BCUT2D eigenvalue weighted by molar-refractivity contribution is -0.130. The Morgan fingerprint density at radius 3 is 2.72 bits per heavy atom. The molecule has 4 rings (SSSR count). The van der Waals surface area contributed by atoms with Crippen LogP contribution in [0.5, 0.6) is 0 Å². The summed E-state index contributed by atoms with van der Waals surface area (Å²) in [6.07, 6.45) is 3.18. The van der Waals surface area contributed by atoms with Gasteiger partial charge in [0.2, 0.25) is 5.91 Å². The first-order valence-electron chi connectivity index (χ1n) is 10.5. The Morgan fingerprint density at radius 1 is 1.24 bits per heavy atom. The van der Waals surface area contributed by atoms with E-state index in [2.05, 4.69) is 13.8 Å². The molecule has 0 spiro atoms. The van der Waals surface area contributed by atoms with E-state index in [-0.39, 0.29) is 17.6 Å². The van der Waals surface area contributed by atoms with Gasteiger partial charge in [0.1, 0.15) is 0 Å². The molecule has 0 saturated carbocycles. The molecule has 2 fully saturated rings. The molecule has 2 aliphatic rings. The molecule has 0 aliphatic carbocycles. The zero-order valence-corrected chi connectivity index (χ0v) is 18.0. The largest absolute Gasteiger partial charge is 0.376 e. The summed E-state index contributed by atoms with van der Waals surface area (Å²) in [6.45, 7) is 7.27. The molecule has 0 radical (unpaired) electrons. The molecule has 0 N–H and O–H groups in total. The molecule has 1 amide bonds. The number of hydrogen-bond donors (Lipinski definition) is 0. The lowest BCUT2D eigenvalue weighted by atomic mass is 9.92. The highest BCUT2D eigenvalue weighted by Gasteiger charge is 2.26. The number of carbonyl (C=O) groups is 1. The van der Waals surface area contributed by atoms with Crippen LogP contribution in [0.3, 0.4) is 0 Å². The van der Waals surface area contributed by atoms with Gasteiger partial charge in [0.25, 0.3) is 5.56 Å². The van der Waals surface area contributed by atoms with Crippen LogP contribution >= 0.6 is 11.8 Å². The van der Waals surface area contributed by atoms with E-state index in [0.717, 1.165) is 32.5 Å². The van der Waals surface area contributed by atoms with Crippen molar-refractivity contribution in [2.75, 3.05) is 25.4 Å². The number of ether oxygens (including phenoxy) is 1. The Morgan fingerprint density at radius 2 is 2.00 bits per heavy atom. The smallest absolute Gasteiger partial charge is 0.262 e. The molecule has 156 valence electrons. The number of piperidine rings is 1. The zero-order valence-electron chi connectivity index (χ0n) is 17.2. The standard InChI is InChI=1S/C22H29N3O3S/c1-15-10-16(2)12-24(11-15)20(26)14-29-22-23-19-8-4-3-7-18(19)21(27)25(22)13-17-6-5-9-28-17/h3-4,7-8,15-17H,5-6,9-14H2,1-2H3/t15-,16-,17-/m0/s1. The highest BCUT2D eigenvalue weighted by molar-refractivity contribution is 7.99. The second-order valence-corrected chi connectivity index (χ2v) is 9.44. The summed E-state index contributed by atoms with van der Waals surface area (Å²) >= 11 is 1.37. The lowest BCUT2D eigenvalue weighted by Gasteiger charge is -2.35. The minimum absolute atomic E-state index is 0.0366. The summed E-state index contributed by atoms with van der Waals surface area (Å²) in [4.78, 5) is 32.7. The van der Waals surface area contributed by atoms with Gasteiger partial charge in [0.05, 0.1) is 29.3 Å². The van der Waals surface area contributed by atoms with Crippen molar-refractivity contribution < 1.29 is 9.53 Å². The van der Waals surface area contributed by atoms with E-state index in [1.54, 1.807) is 4.57 Å². The number of aromatic nitrogens is 2. The third-order valence-corrected chi connectivity index (χ3v) is 6.74. The summed E-state index contributed by atoms with van der Waals surface area (Å²) in [5.74, 6) is 1.49. The molecule has 3 atom stereocenters. The van der Waals surface area contributed by atoms with Crippen molar-refractivity contribution in [1.82, 2.24) is 14.5 Å². The summed E-state index contributed by atoms with van der Waals surface area (Å²) in [5, 5.41) is 1.22. The fraction of sp³-hybridized carbons (Fsp3) is 0.591. The van der Waals surface area contributed by atoms with E-state index < -0.39 is 0 Å².